The number of fused-ring (bicyclic) bond motifs is 6. The second kappa shape index (κ2) is 7.80. The fourth-order valence-corrected chi connectivity index (χ4v) is 5.06. The van der Waals surface area contributed by atoms with Crippen molar-refractivity contribution in [1.82, 2.24) is 0 Å². The van der Waals surface area contributed by atoms with Crippen LogP contribution in [-0.4, -0.2) is 0 Å². The molecule has 0 radical (unpaired) electrons. The number of hydrogen-bond acceptors (Lipinski definition) is 0. The van der Waals surface area contributed by atoms with E-state index < -0.39 is 0 Å². The van der Waals surface area contributed by atoms with Crippen LogP contribution in [0, 0.1) is 6.92 Å². The molecule has 0 amide bonds. The summed E-state index contributed by atoms with van der Waals surface area (Å²) in [4.78, 5) is 0. The average Bonchev–Trinajstić information content (AvgIpc) is 3.62. The summed E-state index contributed by atoms with van der Waals surface area (Å²) in [5, 5.41) is 0. The van der Waals surface area contributed by atoms with E-state index in [2.05, 4.69) is 87.9 Å². The first kappa shape index (κ1) is 20.3. The predicted molar refractivity (Wildman–Crippen MR) is 139 cm³/mol. The van der Waals surface area contributed by atoms with Crippen LogP contribution >= 0.6 is 0 Å². The van der Waals surface area contributed by atoms with E-state index in [0.29, 0.717) is 5.92 Å². The molecule has 1 atom stereocenters. The van der Waals surface area contributed by atoms with E-state index in [0.717, 1.165) is 40.7 Å². The molecule has 0 aromatic heterocycles. The molecule has 2 aromatic rings. The van der Waals surface area contributed by atoms with Crippen LogP contribution in [0.3, 0.4) is 0 Å². The van der Waals surface area contributed by atoms with Gasteiger partial charge in [0, 0.05) is 5.92 Å². The highest BCUT2D eigenvalue weighted by Gasteiger charge is 2.40. The Hall–Kier alpha value is -3.64. The topological polar surface area (TPSA) is 0 Å². The molecule has 0 spiro atoms. The van der Waals surface area contributed by atoms with E-state index in [1.54, 1.807) is 6.08 Å². The summed E-state index contributed by atoms with van der Waals surface area (Å²) in [5.41, 5.74) is 14.9. The van der Waals surface area contributed by atoms with Gasteiger partial charge in [-0.15, -0.1) is 0 Å². The molecule has 1 unspecified atom stereocenters. The highest BCUT2D eigenvalue weighted by Crippen LogP contribution is 2.58. The average molecular weight is 413 g/mol. The first-order valence-electron chi connectivity index (χ1n) is 11.2. The number of hydrogen-bond donors (Lipinski definition) is 0. The quantitative estimate of drug-likeness (QED) is 0.417. The summed E-state index contributed by atoms with van der Waals surface area (Å²) >= 11 is 0. The molecule has 0 aliphatic heterocycles. The third kappa shape index (κ3) is 3.24. The van der Waals surface area contributed by atoms with E-state index in [9.17, 15) is 0 Å². The van der Waals surface area contributed by atoms with Gasteiger partial charge in [0.2, 0.25) is 0 Å². The number of rotatable bonds is 6. The third-order valence-electron chi connectivity index (χ3n) is 6.77. The summed E-state index contributed by atoms with van der Waals surface area (Å²) in [5.74, 6) is 0.468. The third-order valence-corrected chi connectivity index (χ3v) is 6.77. The Morgan fingerprint density at radius 1 is 1.03 bits per heavy atom. The minimum absolute atomic E-state index is 0.468. The molecule has 32 heavy (non-hydrogen) atoms. The molecular formula is C32H28. The lowest BCUT2D eigenvalue weighted by atomic mass is 9.74. The first-order chi connectivity index (χ1) is 15.5. The van der Waals surface area contributed by atoms with Crippen molar-refractivity contribution in [3.63, 3.8) is 0 Å². The van der Waals surface area contributed by atoms with Crippen LogP contribution in [0.1, 0.15) is 46.6 Å². The number of allylic oxidation sites excluding steroid dienone is 12. The van der Waals surface area contributed by atoms with Gasteiger partial charge in [0.15, 0.2) is 0 Å². The molecule has 3 aliphatic carbocycles. The van der Waals surface area contributed by atoms with Gasteiger partial charge in [0.1, 0.15) is 0 Å². The van der Waals surface area contributed by atoms with Gasteiger partial charge in [-0.05, 0) is 81.0 Å². The van der Waals surface area contributed by atoms with Crippen molar-refractivity contribution in [3.05, 3.63) is 149 Å². The maximum Gasteiger partial charge on any atom is 0.0285 e. The van der Waals surface area contributed by atoms with Crippen LogP contribution in [0.25, 0.3) is 16.7 Å². The first-order valence-corrected chi connectivity index (χ1v) is 11.2. The van der Waals surface area contributed by atoms with Crippen LogP contribution in [0.4, 0.5) is 0 Å². The molecule has 0 heterocycles. The van der Waals surface area contributed by atoms with Crippen LogP contribution < -0.4 is 0 Å². The van der Waals surface area contributed by atoms with Gasteiger partial charge < -0.3 is 0 Å². The zero-order chi connectivity index (χ0) is 22.4. The van der Waals surface area contributed by atoms with E-state index in [1.165, 1.54) is 39.0 Å². The van der Waals surface area contributed by atoms with Gasteiger partial charge in [0.25, 0.3) is 0 Å². The smallest absolute Gasteiger partial charge is 0.0285 e. The molecule has 0 nitrogen and oxygen atoms in total. The predicted octanol–water partition coefficient (Wildman–Crippen LogP) is 8.53. The Kier molecular flexibility index (Phi) is 4.94. The van der Waals surface area contributed by atoms with Gasteiger partial charge in [0.05, 0.1) is 0 Å². The summed E-state index contributed by atoms with van der Waals surface area (Å²) in [6.45, 7) is 19.1. The summed E-state index contributed by atoms with van der Waals surface area (Å²) in [6, 6.07) is 15.4. The molecule has 0 N–H and O–H groups in total. The highest BCUT2D eigenvalue weighted by atomic mass is 14.4. The summed E-state index contributed by atoms with van der Waals surface area (Å²) < 4.78 is 0. The van der Waals surface area contributed by atoms with E-state index in [1.807, 2.05) is 12.2 Å². The van der Waals surface area contributed by atoms with Gasteiger partial charge in [-0.25, -0.2) is 0 Å². The van der Waals surface area contributed by atoms with E-state index in [4.69, 9.17) is 0 Å². The van der Waals surface area contributed by atoms with Crippen molar-refractivity contribution in [2.24, 2.45) is 0 Å². The lowest BCUT2D eigenvalue weighted by Gasteiger charge is -2.29. The Morgan fingerprint density at radius 3 is 2.66 bits per heavy atom. The lowest BCUT2D eigenvalue weighted by Crippen LogP contribution is -2.10. The van der Waals surface area contributed by atoms with Gasteiger partial charge in [-0.2, -0.15) is 0 Å². The zero-order valence-electron chi connectivity index (χ0n) is 18.7. The largest absolute Gasteiger partial charge is 0.0991 e. The lowest BCUT2D eigenvalue weighted by molar-refractivity contribution is 0.972. The fourth-order valence-electron chi connectivity index (χ4n) is 5.06. The Balaban J connectivity index is 1.61. The molecule has 5 rings (SSSR count). The van der Waals surface area contributed by atoms with Gasteiger partial charge >= 0.3 is 0 Å². The van der Waals surface area contributed by atoms with E-state index >= 15 is 0 Å². The highest BCUT2D eigenvalue weighted by molar-refractivity contribution is 6.00. The molecule has 0 bridgehead atoms. The monoisotopic (exact) mass is 412 g/mol. The molecule has 0 fully saturated rings. The number of aryl methyl sites for hydroxylation is 1. The van der Waals surface area contributed by atoms with Gasteiger partial charge in [-0.3, -0.25) is 0 Å². The van der Waals surface area contributed by atoms with Crippen LogP contribution in [0.15, 0.2) is 121 Å². The molecule has 0 saturated carbocycles. The minimum Gasteiger partial charge on any atom is -0.0991 e. The molecule has 2 aromatic carbocycles. The molecular weight excluding hydrogens is 384 g/mol. The van der Waals surface area contributed by atoms with Crippen molar-refractivity contribution in [2.45, 2.75) is 25.7 Å². The Labute approximate surface area is 191 Å². The van der Waals surface area contributed by atoms with Crippen LogP contribution in [0.5, 0.6) is 0 Å². The molecule has 3 aliphatic rings. The van der Waals surface area contributed by atoms with Crippen molar-refractivity contribution >= 4 is 16.7 Å². The van der Waals surface area contributed by atoms with Crippen LogP contribution in [0.2, 0.25) is 0 Å². The van der Waals surface area contributed by atoms with Gasteiger partial charge in [-0.1, -0.05) is 105 Å². The molecule has 156 valence electrons. The van der Waals surface area contributed by atoms with Crippen molar-refractivity contribution in [1.29, 1.82) is 0 Å². The summed E-state index contributed by atoms with van der Waals surface area (Å²) in [6.07, 6.45) is 12.5. The minimum atomic E-state index is 0.468. The van der Waals surface area contributed by atoms with Crippen molar-refractivity contribution in [2.75, 3.05) is 0 Å². The van der Waals surface area contributed by atoms with Crippen molar-refractivity contribution in [3.8, 4) is 0 Å². The fraction of sp³-hybridized carbons (Fsp3) is 0.125. The molecule has 0 heteroatoms. The second-order valence-electron chi connectivity index (χ2n) is 8.82. The maximum absolute atomic E-state index is 4.64. The SMILES string of the molecule is C=C/C=C\C(=C)C(=C)c1ccc(C)cc1C(=C)C1=C2C(=CCC1)c1ccccc1C1C=C21. The second-order valence-corrected chi connectivity index (χ2v) is 8.82. The molecule has 0 saturated heterocycles. The number of benzene rings is 2. The van der Waals surface area contributed by atoms with E-state index in [-0.39, 0.29) is 0 Å². The Bertz CT molecular complexity index is 1330. The normalized spacial score (nSPS) is 18.2. The zero-order valence-corrected chi connectivity index (χ0v) is 18.7. The summed E-state index contributed by atoms with van der Waals surface area (Å²) in [7, 11) is 0. The van der Waals surface area contributed by atoms with Crippen molar-refractivity contribution < 1.29 is 0 Å². The van der Waals surface area contributed by atoms with Crippen LogP contribution in [-0.2, 0) is 0 Å². The standard InChI is InChI=1S/C32H28/c1-6-7-11-21(3)22(4)24-17-16-20(2)18-29(24)23(5)25-14-10-15-28-26-12-8-9-13-27(26)30-19-31(30)32(25)28/h6-9,11-13,15-19,30H,1,3-5,10,14H2,2H3/b11-7-. The maximum atomic E-state index is 4.64. The Morgan fingerprint density at radius 2 is 1.84 bits per heavy atom.